The second kappa shape index (κ2) is 10.1. The third-order valence-electron chi connectivity index (χ3n) is 3.74. The van der Waals surface area contributed by atoms with Gasteiger partial charge in [0, 0.05) is 12.2 Å². The lowest BCUT2D eigenvalue weighted by molar-refractivity contribution is -0.122. The monoisotopic (exact) mass is 340 g/mol. The molecule has 1 aliphatic heterocycles. The topological polar surface area (TPSA) is 82.3 Å². The Hall–Kier alpha value is -1.79. The normalized spacial score (nSPS) is 18.2. The van der Waals surface area contributed by atoms with Crippen LogP contribution in [0.2, 0.25) is 0 Å². The fourth-order valence-corrected chi connectivity index (χ4v) is 2.45. The van der Waals surface area contributed by atoms with Crippen molar-refractivity contribution in [3.8, 4) is 0 Å². The minimum absolute atomic E-state index is 0. The van der Waals surface area contributed by atoms with Crippen LogP contribution in [-0.4, -0.2) is 37.6 Å². The summed E-state index contributed by atoms with van der Waals surface area (Å²) in [6.07, 6.45) is 2.28. The Morgan fingerprint density at radius 3 is 2.70 bits per heavy atom. The van der Waals surface area contributed by atoms with Crippen molar-refractivity contribution >= 4 is 30.0 Å². The third kappa shape index (κ3) is 6.88. The van der Waals surface area contributed by atoms with Crippen LogP contribution in [0.1, 0.15) is 19.8 Å². The molecule has 0 saturated carbocycles. The molecule has 7 heteroatoms. The molecule has 23 heavy (non-hydrogen) atoms. The number of carbonyl (C=O) groups is 2. The van der Waals surface area contributed by atoms with Crippen molar-refractivity contribution in [2.45, 2.75) is 25.8 Å². The first kappa shape index (κ1) is 19.3. The zero-order valence-corrected chi connectivity index (χ0v) is 14.1. The van der Waals surface area contributed by atoms with Crippen LogP contribution in [0.5, 0.6) is 0 Å². The summed E-state index contributed by atoms with van der Waals surface area (Å²) in [6, 6.07) is 8.18. The zero-order chi connectivity index (χ0) is 15.8. The van der Waals surface area contributed by atoms with Gasteiger partial charge in [0.15, 0.2) is 0 Å². The van der Waals surface area contributed by atoms with E-state index in [4.69, 9.17) is 0 Å². The zero-order valence-electron chi connectivity index (χ0n) is 13.3. The van der Waals surface area contributed by atoms with Gasteiger partial charge in [-0.2, -0.15) is 0 Å². The van der Waals surface area contributed by atoms with E-state index < -0.39 is 6.04 Å². The molecule has 1 aliphatic rings. The Morgan fingerprint density at radius 2 is 2.04 bits per heavy atom. The Morgan fingerprint density at radius 1 is 1.30 bits per heavy atom. The molecule has 4 N–H and O–H groups in total. The van der Waals surface area contributed by atoms with Crippen LogP contribution in [0.4, 0.5) is 10.5 Å². The molecular weight excluding hydrogens is 316 g/mol. The van der Waals surface area contributed by atoms with Gasteiger partial charge in [0.05, 0.1) is 0 Å². The Bertz CT molecular complexity index is 492. The van der Waals surface area contributed by atoms with Gasteiger partial charge in [0.2, 0.25) is 5.91 Å². The van der Waals surface area contributed by atoms with Crippen LogP contribution in [0, 0.1) is 5.92 Å². The van der Waals surface area contributed by atoms with Crippen LogP contribution in [-0.2, 0) is 4.79 Å². The highest BCUT2D eigenvalue weighted by atomic mass is 35.5. The van der Waals surface area contributed by atoms with Gasteiger partial charge < -0.3 is 21.3 Å². The fraction of sp³-hybridized carbons (Fsp3) is 0.500. The number of carbonyl (C=O) groups excluding carboxylic acids is 2. The van der Waals surface area contributed by atoms with Gasteiger partial charge in [-0.25, -0.2) is 4.79 Å². The Labute approximate surface area is 143 Å². The summed E-state index contributed by atoms with van der Waals surface area (Å²) in [5.41, 5.74) is 0.695. The number of para-hydroxylation sites is 1. The molecule has 0 spiro atoms. The average molecular weight is 341 g/mol. The van der Waals surface area contributed by atoms with Crippen molar-refractivity contribution < 1.29 is 9.59 Å². The average Bonchev–Trinajstić information content (AvgIpc) is 2.54. The number of benzene rings is 1. The first-order valence-corrected chi connectivity index (χ1v) is 7.76. The van der Waals surface area contributed by atoms with Gasteiger partial charge >= 0.3 is 6.03 Å². The molecule has 128 valence electrons. The number of halogens is 1. The summed E-state index contributed by atoms with van der Waals surface area (Å²) in [7, 11) is 0. The number of anilines is 1. The van der Waals surface area contributed by atoms with E-state index in [1.54, 1.807) is 19.1 Å². The van der Waals surface area contributed by atoms with Gasteiger partial charge in [-0.05, 0) is 50.9 Å². The molecule has 1 fully saturated rings. The Kier molecular flexibility index (Phi) is 8.43. The molecule has 3 amide bonds. The molecule has 0 radical (unpaired) electrons. The number of hydrogen-bond donors (Lipinski definition) is 4. The molecule has 1 aromatic carbocycles. The Balaban J connectivity index is 0.00000264. The minimum Gasteiger partial charge on any atom is -0.354 e. The van der Waals surface area contributed by atoms with Crippen molar-refractivity contribution in [3.63, 3.8) is 0 Å². The standard InChI is InChI=1S/C16H24N4O2.ClH/c1-12(15(21)18-11-13-6-5-9-17-10-13)19-16(22)20-14-7-3-2-4-8-14;/h2-4,7-8,12-13,17H,5-6,9-11H2,1H3,(H,18,21)(H2,19,20,22);1H. The van der Waals surface area contributed by atoms with E-state index in [1.165, 1.54) is 0 Å². The van der Waals surface area contributed by atoms with Crippen molar-refractivity contribution in [1.29, 1.82) is 0 Å². The predicted molar refractivity (Wildman–Crippen MR) is 93.9 cm³/mol. The molecule has 0 bridgehead atoms. The molecule has 0 aliphatic carbocycles. The number of nitrogens with one attached hydrogen (secondary N) is 4. The summed E-state index contributed by atoms with van der Waals surface area (Å²) in [4.78, 5) is 23.8. The van der Waals surface area contributed by atoms with E-state index in [0.29, 0.717) is 18.2 Å². The van der Waals surface area contributed by atoms with E-state index in [0.717, 1.165) is 25.9 Å². The van der Waals surface area contributed by atoms with E-state index >= 15 is 0 Å². The van der Waals surface area contributed by atoms with E-state index in [9.17, 15) is 9.59 Å². The summed E-state index contributed by atoms with van der Waals surface area (Å²) in [5, 5.41) is 11.5. The van der Waals surface area contributed by atoms with E-state index in [-0.39, 0.29) is 24.3 Å². The fourth-order valence-electron chi connectivity index (χ4n) is 2.45. The highest BCUT2D eigenvalue weighted by Gasteiger charge is 2.18. The highest BCUT2D eigenvalue weighted by Crippen LogP contribution is 2.08. The molecule has 1 saturated heterocycles. The number of piperidine rings is 1. The minimum atomic E-state index is -0.569. The van der Waals surface area contributed by atoms with Gasteiger partial charge in [-0.1, -0.05) is 18.2 Å². The second-order valence-electron chi connectivity index (χ2n) is 5.64. The van der Waals surface area contributed by atoms with Crippen molar-refractivity contribution in [2.24, 2.45) is 5.92 Å². The molecule has 2 atom stereocenters. The summed E-state index contributed by atoms with van der Waals surface area (Å²) >= 11 is 0. The smallest absolute Gasteiger partial charge is 0.319 e. The number of urea groups is 1. The lowest BCUT2D eigenvalue weighted by Crippen LogP contribution is -2.48. The first-order valence-electron chi connectivity index (χ1n) is 7.76. The molecule has 2 rings (SSSR count). The van der Waals surface area contributed by atoms with E-state index in [2.05, 4.69) is 21.3 Å². The van der Waals surface area contributed by atoms with Crippen molar-refractivity contribution in [3.05, 3.63) is 30.3 Å². The summed E-state index contributed by atoms with van der Waals surface area (Å²) < 4.78 is 0. The van der Waals surface area contributed by atoms with Gasteiger partial charge in [-0.3, -0.25) is 4.79 Å². The van der Waals surface area contributed by atoms with Crippen LogP contribution >= 0.6 is 12.4 Å². The summed E-state index contributed by atoms with van der Waals surface area (Å²) in [5.74, 6) is 0.317. The maximum Gasteiger partial charge on any atom is 0.319 e. The van der Waals surface area contributed by atoms with Gasteiger partial charge in [-0.15, -0.1) is 12.4 Å². The molecule has 1 heterocycles. The quantitative estimate of drug-likeness (QED) is 0.659. The SMILES string of the molecule is CC(NC(=O)Nc1ccccc1)C(=O)NCC1CCCNC1.Cl. The lowest BCUT2D eigenvalue weighted by Gasteiger charge is -2.23. The highest BCUT2D eigenvalue weighted by molar-refractivity contribution is 5.93. The van der Waals surface area contributed by atoms with Crippen molar-refractivity contribution in [1.82, 2.24) is 16.0 Å². The van der Waals surface area contributed by atoms with Crippen molar-refractivity contribution in [2.75, 3.05) is 25.0 Å². The molecular formula is C16H25ClN4O2. The number of rotatable bonds is 5. The first-order chi connectivity index (χ1) is 10.6. The molecule has 6 nitrogen and oxygen atoms in total. The second-order valence-corrected chi connectivity index (χ2v) is 5.64. The molecule has 1 aromatic rings. The number of amides is 3. The van der Waals surface area contributed by atoms with Crippen LogP contribution in [0.15, 0.2) is 30.3 Å². The molecule has 0 aromatic heterocycles. The number of hydrogen-bond acceptors (Lipinski definition) is 3. The molecule has 2 unspecified atom stereocenters. The lowest BCUT2D eigenvalue weighted by atomic mass is 10.00. The summed E-state index contributed by atoms with van der Waals surface area (Å²) in [6.45, 7) is 4.33. The van der Waals surface area contributed by atoms with Crippen LogP contribution < -0.4 is 21.3 Å². The largest absolute Gasteiger partial charge is 0.354 e. The van der Waals surface area contributed by atoms with Crippen LogP contribution in [0.25, 0.3) is 0 Å². The van der Waals surface area contributed by atoms with Gasteiger partial charge in [0.25, 0.3) is 0 Å². The maximum absolute atomic E-state index is 12.0. The van der Waals surface area contributed by atoms with Crippen LogP contribution in [0.3, 0.4) is 0 Å². The third-order valence-corrected chi connectivity index (χ3v) is 3.74. The maximum atomic E-state index is 12.0. The van der Waals surface area contributed by atoms with Gasteiger partial charge in [0.1, 0.15) is 6.04 Å². The van der Waals surface area contributed by atoms with E-state index in [1.807, 2.05) is 18.2 Å². The predicted octanol–water partition coefficient (Wildman–Crippen LogP) is 1.73.